The van der Waals surface area contributed by atoms with Crippen LogP contribution in [0.4, 0.5) is 5.69 Å². The average Bonchev–Trinajstić information content (AvgIpc) is 2.60. The molecule has 0 saturated carbocycles. The van der Waals surface area contributed by atoms with Crippen LogP contribution in [0.3, 0.4) is 0 Å². The zero-order chi connectivity index (χ0) is 19.3. The van der Waals surface area contributed by atoms with Gasteiger partial charge in [-0.2, -0.15) is 8.42 Å². The Balaban J connectivity index is 2.43. The molecule has 0 atom stereocenters. The third-order valence-electron chi connectivity index (χ3n) is 3.48. The summed E-state index contributed by atoms with van der Waals surface area (Å²) in [6.45, 7) is 2.97. The highest BCUT2D eigenvalue weighted by Gasteiger charge is 2.22. The summed E-state index contributed by atoms with van der Waals surface area (Å²) in [6, 6.07) is 10.1. The predicted molar refractivity (Wildman–Crippen MR) is 96.2 cm³/mol. The molecule has 2 aromatic rings. The molecule has 0 radical (unpaired) electrons. The topological polar surface area (TPSA) is 98.8 Å². The maximum Gasteiger partial charge on any atom is 0.339 e. The van der Waals surface area contributed by atoms with E-state index in [0.717, 1.165) is 0 Å². The van der Waals surface area contributed by atoms with Crippen molar-refractivity contribution in [1.82, 2.24) is 0 Å². The van der Waals surface area contributed by atoms with E-state index in [2.05, 4.69) is 5.32 Å². The van der Waals surface area contributed by atoms with E-state index in [1.54, 1.807) is 19.1 Å². The minimum atomic E-state index is -4.22. The Kier molecular flexibility index (Phi) is 5.99. The Bertz CT molecular complexity index is 936. The van der Waals surface area contributed by atoms with E-state index in [1.807, 2.05) is 0 Å². The molecule has 0 unspecified atom stereocenters. The van der Waals surface area contributed by atoms with Gasteiger partial charge in [0, 0.05) is 13.3 Å². The molecule has 8 heteroatoms. The van der Waals surface area contributed by atoms with Gasteiger partial charge in [0.2, 0.25) is 5.91 Å². The highest BCUT2D eigenvalue weighted by atomic mass is 32.2. The molecule has 26 heavy (non-hydrogen) atoms. The zero-order valence-electron chi connectivity index (χ0n) is 14.6. The van der Waals surface area contributed by atoms with E-state index in [4.69, 9.17) is 8.92 Å². The minimum absolute atomic E-state index is 0.0451. The van der Waals surface area contributed by atoms with Gasteiger partial charge in [-0.3, -0.25) is 9.59 Å². The lowest BCUT2D eigenvalue weighted by atomic mass is 10.1. The molecule has 1 N–H and O–H groups in total. The zero-order valence-corrected chi connectivity index (χ0v) is 15.4. The number of rotatable bonds is 7. The van der Waals surface area contributed by atoms with Crippen LogP contribution in [-0.4, -0.2) is 27.2 Å². The van der Waals surface area contributed by atoms with Crippen molar-refractivity contribution in [2.24, 2.45) is 0 Å². The van der Waals surface area contributed by atoms with Crippen molar-refractivity contribution in [3.63, 3.8) is 0 Å². The van der Waals surface area contributed by atoms with Crippen LogP contribution in [-0.2, 0) is 14.9 Å². The van der Waals surface area contributed by atoms with E-state index in [0.29, 0.717) is 5.75 Å². The number of carbonyl (C=O) groups excluding carboxylic acids is 2. The fourth-order valence-corrected chi connectivity index (χ4v) is 3.23. The third kappa shape index (κ3) is 4.40. The van der Waals surface area contributed by atoms with Crippen LogP contribution in [0.5, 0.6) is 11.5 Å². The quantitative estimate of drug-likeness (QED) is 0.588. The standard InChI is InChI=1S/C18H19NO6S/c1-4-16(21)14-7-5-6-8-17(14)25-26(22,23)13-9-10-18(24-3)15(11-13)19-12(2)20/h5-11H,4H2,1-3H3,(H,19,20). The highest BCUT2D eigenvalue weighted by molar-refractivity contribution is 7.87. The van der Waals surface area contributed by atoms with E-state index in [1.165, 1.54) is 44.4 Å². The lowest BCUT2D eigenvalue weighted by Crippen LogP contribution is -2.14. The molecule has 2 aromatic carbocycles. The Morgan fingerprint density at radius 1 is 1.08 bits per heavy atom. The number of ether oxygens (including phenoxy) is 1. The number of anilines is 1. The number of nitrogens with one attached hydrogen (secondary N) is 1. The van der Waals surface area contributed by atoms with E-state index in [9.17, 15) is 18.0 Å². The van der Waals surface area contributed by atoms with Crippen molar-refractivity contribution in [3.8, 4) is 11.5 Å². The Hall–Kier alpha value is -2.87. The first-order chi connectivity index (χ1) is 12.3. The second kappa shape index (κ2) is 8.01. The van der Waals surface area contributed by atoms with Gasteiger partial charge < -0.3 is 14.2 Å². The van der Waals surface area contributed by atoms with Crippen LogP contribution >= 0.6 is 0 Å². The van der Waals surface area contributed by atoms with Gasteiger partial charge in [-0.15, -0.1) is 0 Å². The first-order valence-corrected chi connectivity index (χ1v) is 9.21. The second-order valence-corrected chi connectivity index (χ2v) is 6.90. The third-order valence-corrected chi connectivity index (χ3v) is 4.71. The summed E-state index contributed by atoms with van der Waals surface area (Å²) in [5.74, 6) is -0.348. The molecule has 0 heterocycles. The van der Waals surface area contributed by atoms with Crippen LogP contribution in [0, 0.1) is 0 Å². The molecule has 7 nitrogen and oxygen atoms in total. The van der Waals surface area contributed by atoms with Gasteiger partial charge >= 0.3 is 10.1 Å². The number of hydrogen-bond donors (Lipinski definition) is 1. The Morgan fingerprint density at radius 2 is 1.77 bits per heavy atom. The maximum absolute atomic E-state index is 12.6. The molecule has 0 aromatic heterocycles. The molecule has 0 bridgehead atoms. The number of benzene rings is 2. The minimum Gasteiger partial charge on any atom is -0.495 e. The second-order valence-electron chi connectivity index (χ2n) is 5.35. The number of methoxy groups -OCH3 is 1. The van der Waals surface area contributed by atoms with E-state index >= 15 is 0 Å². The van der Waals surface area contributed by atoms with Crippen molar-refractivity contribution in [2.75, 3.05) is 12.4 Å². The van der Waals surface area contributed by atoms with Crippen molar-refractivity contribution < 1.29 is 26.9 Å². The number of para-hydroxylation sites is 1. The molecule has 0 spiro atoms. The van der Waals surface area contributed by atoms with Gasteiger partial charge in [0.15, 0.2) is 11.5 Å². The molecular weight excluding hydrogens is 358 g/mol. The van der Waals surface area contributed by atoms with Crippen LogP contribution in [0.25, 0.3) is 0 Å². The van der Waals surface area contributed by atoms with E-state index < -0.39 is 10.1 Å². The van der Waals surface area contributed by atoms with Crippen molar-refractivity contribution in [1.29, 1.82) is 0 Å². The summed E-state index contributed by atoms with van der Waals surface area (Å²) in [5, 5.41) is 2.50. The van der Waals surface area contributed by atoms with Crippen LogP contribution in [0.1, 0.15) is 30.6 Å². The molecule has 0 aliphatic rings. The monoisotopic (exact) mass is 377 g/mol. The molecule has 2 rings (SSSR count). The number of Topliss-reactive ketones (excluding diaryl/α,β-unsaturated/α-hetero) is 1. The SMILES string of the molecule is CCC(=O)c1ccccc1OS(=O)(=O)c1ccc(OC)c(NC(C)=O)c1. The van der Waals surface area contributed by atoms with Gasteiger partial charge in [-0.05, 0) is 30.3 Å². The van der Waals surface area contributed by atoms with Gasteiger partial charge in [-0.25, -0.2) is 0 Å². The molecule has 138 valence electrons. The fourth-order valence-electron chi connectivity index (χ4n) is 2.26. The van der Waals surface area contributed by atoms with Crippen LogP contribution < -0.4 is 14.2 Å². The maximum atomic E-state index is 12.6. The van der Waals surface area contributed by atoms with Crippen molar-refractivity contribution in [2.45, 2.75) is 25.2 Å². The number of amides is 1. The molecule has 0 aliphatic carbocycles. The summed E-state index contributed by atoms with van der Waals surface area (Å²) in [6.07, 6.45) is 0.218. The molecule has 0 fully saturated rings. The van der Waals surface area contributed by atoms with Crippen LogP contribution in [0.15, 0.2) is 47.4 Å². The number of hydrogen-bond acceptors (Lipinski definition) is 6. The lowest BCUT2D eigenvalue weighted by Gasteiger charge is -2.13. The molecule has 0 aliphatic heterocycles. The molecule has 0 saturated heterocycles. The largest absolute Gasteiger partial charge is 0.495 e. The van der Waals surface area contributed by atoms with Crippen molar-refractivity contribution >= 4 is 27.5 Å². The lowest BCUT2D eigenvalue weighted by molar-refractivity contribution is -0.114. The van der Waals surface area contributed by atoms with Crippen molar-refractivity contribution in [3.05, 3.63) is 48.0 Å². The number of carbonyl (C=O) groups is 2. The summed E-state index contributed by atoms with van der Waals surface area (Å²) in [5.41, 5.74) is 0.386. The smallest absolute Gasteiger partial charge is 0.339 e. The molecule has 1 amide bonds. The summed E-state index contributed by atoms with van der Waals surface area (Å²) < 4.78 is 35.5. The Morgan fingerprint density at radius 3 is 2.38 bits per heavy atom. The van der Waals surface area contributed by atoms with Gasteiger partial charge in [-0.1, -0.05) is 19.1 Å². The average molecular weight is 377 g/mol. The van der Waals surface area contributed by atoms with Gasteiger partial charge in [0.25, 0.3) is 0 Å². The van der Waals surface area contributed by atoms with Gasteiger partial charge in [0.05, 0.1) is 18.4 Å². The summed E-state index contributed by atoms with van der Waals surface area (Å²) in [4.78, 5) is 23.1. The fraction of sp³-hybridized carbons (Fsp3) is 0.222. The van der Waals surface area contributed by atoms with Crippen LogP contribution in [0.2, 0.25) is 0 Å². The van der Waals surface area contributed by atoms with E-state index in [-0.39, 0.29) is 40.0 Å². The highest BCUT2D eigenvalue weighted by Crippen LogP contribution is 2.30. The summed E-state index contributed by atoms with van der Waals surface area (Å²) >= 11 is 0. The Labute approximate surface area is 152 Å². The normalized spacial score (nSPS) is 10.9. The molecular formula is C18H19NO6S. The van der Waals surface area contributed by atoms with Gasteiger partial charge in [0.1, 0.15) is 10.6 Å². The first kappa shape index (κ1) is 19.5. The predicted octanol–water partition coefficient (Wildman–Crippen LogP) is 3.01. The summed E-state index contributed by atoms with van der Waals surface area (Å²) in [7, 11) is -2.82. The number of ketones is 1. The first-order valence-electron chi connectivity index (χ1n) is 7.80.